The lowest BCUT2D eigenvalue weighted by Crippen LogP contribution is -2.26. The fourth-order valence-electron chi connectivity index (χ4n) is 2.22. The molecule has 4 heteroatoms. The van der Waals surface area contributed by atoms with Gasteiger partial charge in [0.1, 0.15) is 5.78 Å². The van der Waals surface area contributed by atoms with Gasteiger partial charge in [-0.1, -0.05) is 20.8 Å². The molecule has 0 bridgehead atoms. The average Bonchev–Trinajstić information content (AvgIpc) is 2.82. The summed E-state index contributed by atoms with van der Waals surface area (Å²) in [5.41, 5.74) is 2.14. The van der Waals surface area contributed by atoms with Crippen LogP contribution in [0, 0.1) is 0 Å². The van der Waals surface area contributed by atoms with E-state index in [1.807, 2.05) is 4.68 Å². The van der Waals surface area contributed by atoms with Crippen molar-refractivity contribution in [2.45, 2.75) is 53.5 Å². The number of carbonyl (C=O) groups excluding carboxylic acids is 1. The number of Topliss-reactive ketones (excluding diaryl/α,β-unsaturated/α-hetero) is 1. The van der Waals surface area contributed by atoms with Crippen LogP contribution >= 0.6 is 0 Å². The summed E-state index contributed by atoms with van der Waals surface area (Å²) in [4.78, 5) is 14.3. The molecular weight excluding hydrogens is 238 g/mol. The molecule has 19 heavy (non-hydrogen) atoms. The van der Waals surface area contributed by atoms with Crippen LogP contribution in [0.1, 0.15) is 45.5 Å². The summed E-state index contributed by atoms with van der Waals surface area (Å²) in [6.07, 6.45) is 2.08. The normalized spacial score (nSPS) is 11.2. The molecule has 0 saturated heterocycles. The molecule has 4 nitrogen and oxygen atoms in total. The van der Waals surface area contributed by atoms with Crippen LogP contribution in [-0.4, -0.2) is 40.1 Å². The van der Waals surface area contributed by atoms with Gasteiger partial charge in [0.15, 0.2) is 0 Å². The van der Waals surface area contributed by atoms with Gasteiger partial charge in [-0.05, 0) is 32.5 Å². The Hall–Kier alpha value is -1.16. The van der Waals surface area contributed by atoms with E-state index in [0.717, 1.165) is 44.0 Å². The van der Waals surface area contributed by atoms with Crippen LogP contribution in [0.2, 0.25) is 0 Å². The van der Waals surface area contributed by atoms with Crippen LogP contribution in [0.25, 0.3) is 0 Å². The van der Waals surface area contributed by atoms with E-state index in [-0.39, 0.29) is 0 Å². The Kier molecular flexibility index (Phi) is 6.78. The highest BCUT2D eigenvalue weighted by Crippen LogP contribution is 2.08. The number of carbonyl (C=O) groups is 1. The van der Waals surface area contributed by atoms with E-state index in [4.69, 9.17) is 0 Å². The van der Waals surface area contributed by atoms with E-state index in [1.54, 1.807) is 0 Å². The monoisotopic (exact) mass is 265 g/mol. The Balaban J connectivity index is 2.54. The molecule has 0 aliphatic rings. The van der Waals surface area contributed by atoms with Gasteiger partial charge in [0, 0.05) is 31.6 Å². The Bertz CT molecular complexity index is 394. The molecule has 0 atom stereocenters. The zero-order valence-corrected chi connectivity index (χ0v) is 12.8. The minimum Gasteiger partial charge on any atom is -0.303 e. The van der Waals surface area contributed by atoms with Gasteiger partial charge in [-0.3, -0.25) is 9.48 Å². The fraction of sp³-hybridized carbons (Fsp3) is 0.733. The molecule has 0 aromatic carbocycles. The predicted molar refractivity (Wildman–Crippen MR) is 78.4 cm³/mol. The van der Waals surface area contributed by atoms with Crippen molar-refractivity contribution in [2.24, 2.45) is 0 Å². The van der Waals surface area contributed by atoms with E-state index in [2.05, 4.69) is 43.8 Å². The second-order valence-corrected chi connectivity index (χ2v) is 4.79. The third-order valence-corrected chi connectivity index (χ3v) is 3.56. The van der Waals surface area contributed by atoms with Crippen molar-refractivity contribution in [3.8, 4) is 0 Å². The van der Waals surface area contributed by atoms with Crippen molar-refractivity contribution in [3.63, 3.8) is 0 Å². The highest BCUT2D eigenvalue weighted by Gasteiger charge is 2.11. The molecule has 0 saturated carbocycles. The molecule has 1 aromatic rings. The maximum atomic E-state index is 12.0. The lowest BCUT2D eigenvalue weighted by atomic mass is 10.1. The summed E-state index contributed by atoms with van der Waals surface area (Å²) in [7, 11) is 0. The second kappa shape index (κ2) is 8.10. The molecule has 0 N–H and O–H groups in total. The number of hydrogen-bond acceptors (Lipinski definition) is 3. The molecule has 0 fully saturated rings. The lowest BCUT2D eigenvalue weighted by molar-refractivity contribution is -0.118. The summed E-state index contributed by atoms with van der Waals surface area (Å²) in [6.45, 7) is 12.1. The van der Waals surface area contributed by atoms with Crippen molar-refractivity contribution in [2.75, 3.05) is 19.6 Å². The SMILES string of the molecule is CCc1cc(CC(=O)CCN(CC)CC)n(CC)n1. The van der Waals surface area contributed by atoms with Crippen molar-refractivity contribution in [3.05, 3.63) is 17.5 Å². The summed E-state index contributed by atoms with van der Waals surface area (Å²) in [6, 6.07) is 2.07. The fourth-order valence-corrected chi connectivity index (χ4v) is 2.22. The summed E-state index contributed by atoms with van der Waals surface area (Å²) in [5, 5.41) is 4.48. The number of hydrogen-bond donors (Lipinski definition) is 0. The minimum atomic E-state index is 0.309. The number of nitrogens with zero attached hydrogens (tertiary/aromatic N) is 3. The Morgan fingerprint density at radius 1 is 1.26 bits per heavy atom. The number of ketones is 1. The Morgan fingerprint density at radius 3 is 2.47 bits per heavy atom. The molecule has 1 heterocycles. The van der Waals surface area contributed by atoms with Crippen molar-refractivity contribution in [1.29, 1.82) is 0 Å². The van der Waals surface area contributed by atoms with Gasteiger partial charge in [0.05, 0.1) is 5.69 Å². The van der Waals surface area contributed by atoms with E-state index in [0.29, 0.717) is 18.6 Å². The Morgan fingerprint density at radius 2 is 1.95 bits per heavy atom. The van der Waals surface area contributed by atoms with Gasteiger partial charge < -0.3 is 4.90 Å². The van der Waals surface area contributed by atoms with Crippen molar-refractivity contribution >= 4 is 5.78 Å². The summed E-state index contributed by atoms with van der Waals surface area (Å²) >= 11 is 0. The zero-order valence-electron chi connectivity index (χ0n) is 12.8. The van der Waals surface area contributed by atoms with Crippen LogP contribution < -0.4 is 0 Å². The predicted octanol–water partition coefficient (Wildman–Crippen LogP) is 2.31. The maximum Gasteiger partial charge on any atom is 0.140 e. The smallest absolute Gasteiger partial charge is 0.140 e. The first-order valence-electron chi connectivity index (χ1n) is 7.44. The first-order valence-corrected chi connectivity index (χ1v) is 7.44. The largest absolute Gasteiger partial charge is 0.303 e. The van der Waals surface area contributed by atoms with E-state index in [1.165, 1.54) is 0 Å². The standard InChI is InChI=1S/C15H27N3O/c1-5-13-11-14(18(8-4)16-13)12-15(19)9-10-17(6-2)7-3/h11H,5-10,12H2,1-4H3. The van der Waals surface area contributed by atoms with Crippen LogP contribution in [0.5, 0.6) is 0 Å². The van der Waals surface area contributed by atoms with Gasteiger partial charge >= 0.3 is 0 Å². The molecule has 0 spiro atoms. The van der Waals surface area contributed by atoms with Gasteiger partial charge in [0.2, 0.25) is 0 Å². The van der Waals surface area contributed by atoms with Gasteiger partial charge in [-0.15, -0.1) is 0 Å². The van der Waals surface area contributed by atoms with Crippen LogP contribution in [0.15, 0.2) is 6.07 Å². The second-order valence-electron chi connectivity index (χ2n) is 4.79. The third-order valence-electron chi connectivity index (χ3n) is 3.56. The molecule has 108 valence electrons. The van der Waals surface area contributed by atoms with Gasteiger partial charge in [-0.25, -0.2) is 0 Å². The van der Waals surface area contributed by atoms with Crippen LogP contribution in [0.3, 0.4) is 0 Å². The molecule has 0 radical (unpaired) electrons. The van der Waals surface area contributed by atoms with Gasteiger partial charge in [-0.2, -0.15) is 5.10 Å². The first-order chi connectivity index (χ1) is 9.14. The zero-order chi connectivity index (χ0) is 14.3. The first kappa shape index (κ1) is 15.9. The van der Waals surface area contributed by atoms with E-state index >= 15 is 0 Å². The minimum absolute atomic E-state index is 0.309. The highest BCUT2D eigenvalue weighted by molar-refractivity contribution is 5.80. The van der Waals surface area contributed by atoms with Crippen molar-refractivity contribution < 1.29 is 4.79 Å². The van der Waals surface area contributed by atoms with Gasteiger partial charge in [0.25, 0.3) is 0 Å². The summed E-state index contributed by atoms with van der Waals surface area (Å²) in [5.74, 6) is 0.309. The molecule has 0 unspecified atom stereocenters. The third kappa shape index (κ3) is 4.78. The number of aryl methyl sites for hydroxylation is 2. The molecule has 1 rings (SSSR count). The Labute approximate surface area is 116 Å². The van der Waals surface area contributed by atoms with E-state index in [9.17, 15) is 4.79 Å². The average molecular weight is 265 g/mol. The topological polar surface area (TPSA) is 38.1 Å². The molecule has 0 aliphatic heterocycles. The molecule has 0 amide bonds. The van der Waals surface area contributed by atoms with E-state index < -0.39 is 0 Å². The van der Waals surface area contributed by atoms with Crippen molar-refractivity contribution in [1.82, 2.24) is 14.7 Å². The summed E-state index contributed by atoms with van der Waals surface area (Å²) < 4.78 is 1.95. The quantitative estimate of drug-likeness (QED) is 0.687. The molecule has 1 aromatic heterocycles. The number of aromatic nitrogens is 2. The molecular formula is C15H27N3O. The van der Waals surface area contributed by atoms with Crippen LogP contribution in [0.4, 0.5) is 0 Å². The van der Waals surface area contributed by atoms with Crippen LogP contribution in [-0.2, 0) is 24.2 Å². The highest BCUT2D eigenvalue weighted by atomic mass is 16.1. The molecule has 0 aliphatic carbocycles. The lowest BCUT2D eigenvalue weighted by Gasteiger charge is -2.17. The maximum absolute atomic E-state index is 12.0. The number of rotatable bonds is 9.